The van der Waals surface area contributed by atoms with Crippen LogP contribution in [0.15, 0.2) is 24.3 Å². The van der Waals surface area contributed by atoms with E-state index in [9.17, 15) is 4.79 Å². The highest BCUT2D eigenvalue weighted by Gasteiger charge is 2.02. The highest BCUT2D eigenvalue weighted by molar-refractivity contribution is 6.30. The van der Waals surface area contributed by atoms with Crippen LogP contribution in [0.1, 0.15) is 26.3 Å². The highest BCUT2D eigenvalue weighted by Crippen LogP contribution is 2.09. The summed E-state index contributed by atoms with van der Waals surface area (Å²) < 4.78 is 5.10. The summed E-state index contributed by atoms with van der Waals surface area (Å²) >= 11 is 5.66. The number of carbonyl (C=O) groups is 1. The molecule has 0 bridgehead atoms. The molecule has 0 radical (unpaired) electrons. The Hall–Kier alpha value is -0.900. The van der Waals surface area contributed by atoms with E-state index in [1.54, 1.807) is 19.1 Å². The van der Waals surface area contributed by atoms with E-state index < -0.39 is 0 Å². The van der Waals surface area contributed by atoms with Gasteiger partial charge in [-0.25, -0.2) is 0 Å². The Labute approximate surface area is 127 Å². The van der Waals surface area contributed by atoms with Crippen LogP contribution in [0.25, 0.3) is 0 Å². The van der Waals surface area contributed by atoms with E-state index in [4.69, 9.17) is 16.3 Å². The summed E-state index contributed by atoms with van der Waals surface area (Å²) in [4.78, 5) is 12.9. The van der Waals surface area contributed by atoms with Gasteiger partial charge < -0.3 is 9.64 Å². The van der Waals surface area contributed by atoms with Crippen molar-refractivity contribution in [2.45, 2.75) is 27.2 Å². The molecule has 1 aromatic carbocycles. The standard InChI is InChI=1S/C9H9ClO.C5H11NO.C2H6/c1-7(11)6-8-2-4-9(10)5-3-8;1-6-2-4-7-5-3-6;1-2/h2-5H,6H2,1H3;2-5H2,1H3;1-2H3. The van der Waals surface area contributed by atoms with Gasteiger partial charge in [-0.3, -0.25) is 4.79 Å². The van der Waals surface area contributed by atoms with Gasteiger partial charge in [-0.15, -0.1) is 0 Å². The van der Waals surface area contributed by atoms with Gasteiger partial charge in [0.15, 0.2) is 0 Å². The van der Waals surface area contributed by atoms with Gasteiger partial charge in [0.05, 0.1) is 13.2 Å². The van der Waals surface area contributed by atoms with Crippen LogP contribution in [0.3, 0.4) is 0 Å². The molecule has 1 heterocycles. The van der Waals surface area contributed by atoms with Crippen LogP contribution in [0, 0.1) is 0 Å². The number of ketones is 1. The smallest absolute Gasteiger partial charge is 0.134 e. The predicted molar refractivity (Wildman–Crippen MR) is 85.5 cm³/mol. The summed E-state index contributed by atoms with van der Waals surface area (Å²) in [5, 5.41) is 0.706. The molecule has 0 N–H and O–H groups in total. The van der Waals surface area contributed by atoms with Crippen molar-refractivity contribution in [2.75, 3.05) is 33.4 Å². The van der Waals surface area contributed by atoms with E-state index in [0.29, 0.717) is 11.4 Å². The first-order valence-corrected chi connectivity index (χ1v) is 7.46. The van der Waals surface area contributed by atoms with E-state index in [-0.39, 0.29) is 5.78 Å². The summed E-state index contributed by atoms with van der Waals surface area (Å²) in [6.07, 6.45) is 0.497. The molecule has 1 fully saturated rings. The predicted octanol–water partition coefficient (Wildman–Crippen LogP) is 3.45. The third-order valence-corrected chi connectivity index (χ3v) is 2.85. The second-order valence-corrected chi connectivity index (χ2v) is 4.86. The maximum atomic E-state index is 10.7. The van der Waals surface area contributed by atoms with Crippen molar-refractivity contribution < 1.29 is 9.53 Å². The molecule has 1 aliphatic rings. The number of rotatable bonds is 2. The van der Waals surface area contributed by atoms with Crippen molar-refractivity contribution >= 4 is 17.4 Å². The highest BCUT2D eigenvalue weighted by atomic mass is 35.5. The average molecular weight is 300 g/mol. The van der Waals surface area contributed by atoms with E-state index in [2.05, 4.69) is 11.9 Å². The maximum Gasteiger partial charge on any atom is 0.134 e. The molecule has 1 aromatic rings. The summed E-state index contributed by atoms with van der Waals surface area (Å²) in [7, 11) is 2.11. The van der Waals surface area contributed by atoms with Gasteiger partial charge in [-0.1, -0.05) is 37.6 Å². The lowest BCUT2D eigenvalue weighted by atomic mass is 10.1. The van der Waals surface area contributed by atoms with Crippen LogP contribution in [0.2, 0.25) is 5.02 Å². The minimum atomic E-state index is 0.173. The van der Waals surface area contributed by atoms with Crippen molar-refractivity contribution in [1.29, 1.82) is 0 Å². The number of ether oxygens (including phenoxy) is 1. The third-order valence-electron chi connectivity index (χ3n) is 2.60. The molecule has 1 saturated heterocycles. The molecule has 4 heteroatoms. The minimum absolute atomic E-state index is 0.173. The fourth-order valence-corrected chi connectivity index (χ4v) is 1.67. The van der Waals surface area contributed by atoms with Crippen molar-refractivity contribution in [3.05, 3.63) is 34.9 Å². The molecule has 0 spiro atoms. The number of hydrogen-bond acceptors (Lipinski definition) is 3. The number of nitrogens with zero attached hydrogens (tertiary/aromatic N) is 1. The molecule has 0 atom stereocenters. The van der Waals surface area contributed by atoms with Crippen LogP contribution in [0.5, 0.6) is 0 Å². The van der Waals surface area contributed by atoms with Gasteiger partial charge in [0.1, 0.15) is 5.78 Å². The molecule has 0 aliphatic carbocycles. The van der Waals surface area contributed by atoms with E-state index in [0.717, 1.165) is 31.9 Å². The Morgan fingerprint density at radius 3 is 2.05 bits per heavy atom. The monoisotopic (exact) mass is 299 g/mol. The first-order chi connectivity index (χ1) is 9.58. The molecule has 0 amide bonds. The molecule has 2 rings (SSSR count). The fourth-order valence-electron chi connectivity index (χ4n) is 1.54. The minimum Gasteiger partial charge on any atom is -0.379 e. The van der Waals surface area contributed by atoms with Crippen LogP contribution < -0.4 is 0 Å². The van der Waals surface area contributed by atoms with Gasteiger partial charge in [-0.2, -0.15) is 0 Å². The maximum absolute atomic E-state index is 10.7. The van der Waals surface area contributed by atoms with Crippen LogP contribution in [0.4, 0.5) is 0 Å². The normalized spacial score (nSPS) is 14.4. The zero-order valence-electron chi connectivity index (χ0n) is 13.0. The third kappa shape index (κ3) is 9.96. The van der Waals surface area contributed by atoms with Gasteiger partial charge in [0.2, 0.25) is 0 Å². The fraction of sp³-hybridized carbons (Fsp3) is 0.562. The molecule has 0 aromatic heterocycles. The lowest BCUT2D eigenvalue weighted by molar-refractivity contribution is -0.116. The number of hydrogen-bond donors (Lipinski definition) is 0. The van der Waals surface area contributed by atoms with Crippen LogP contribution >= 0.6 is 11.6 Å². The van der Waals surface area contributed by atoms with Gasteiger partial charge in [0, 0.05) is 24.5 Å². The Morgan fingerprint density at radius 2 is 1.70 bits per heavy atom. The second-order valence-electron chi connectivity index (χ2n) is 4.42. The number of carbonyl (C=O) groups excluding carboxylic acids is 1. The zero-order chi connectivity index (χ0) is 15.4. The Balaban J connectivity index is 0.000000345. The molecular weight excluding hydrogens is 274 g/mol. The van der Waals surface area contributed by atoms with Gasteiger partial charge >= 0.3 is 0 Å². The lowest BCUT2D eigenvalue weighted by Crippen LogP contribution is -2.32. The van der Waals surface area contributed by atoms with Crippen LogP contribution in [-0.2, 0) is 16.0 Å². The Kier molecular flexibility index (Phi) is 11.4. The molecule has 1 aliphatic heterocycles. The zero-order valence-corrected chi connectivity index (χ0v) is 13.7. The Morgan fingerprint density at radius 1 is 1.20 bits per heavy atom. The number of morpholine rings is 1. The Bertz CT molecular complexity index is 359. The SMILES string of the molecule is CC.CC(=O)Cc1ccc(Cl)cc1.CN1CCOCC1. The van der Waals surface area contributed by atoms with E-state index in [1.165, 1.54) is 0 Å². The number of halogens is 1. The number of benzene rings is 1. The van der Waals surface area contributed by atoms with Crippen molar-refractivity contribution in [1.82, 2.24) is 4.90 Å². The molecular formula is C16H26ClNO2. The summed E-state index contributed by atoms with van der Waals surface area (Å²) in [6.45, 7) is 9.60. The molecule has 114 valence electrons. The summed E-state index contributed by atoms with van der Waals surface area (Å²) in [5.74, 6) is 0.173. The van der Waals surface area contributed by atoms with Gasteiger partial charge in [0.25, 0.3) is 0 Å². The number of likely N-dealkylation sites (N-methyl/N-ethyl adjacent to an activating group) is 1. The lowest BCUT2D eigenvalue weighted by Gasteiger charge is -2.21. The summed E-state index contributed by atoms with van der Waals surface area (Å²) in [5.41, 5.74) is 1.02. The van der Waals surface area contributed by atoms with Crippen molar-refractivity contribution in [3.8, 4) is 0 Å². The largest absolute Gasteiger partial charge is 0.379 e. The van der Waals surface area contributed by atoms with Crippen molar-refractivity contribution in [2.24, 2.45) is 0 Å². The van der Waals surface area contributed by atoms with Crippen LogP contribution in [-0.4, -0.2) is 44.0 Å². The quantitative estimate of drug-likeness (QED) is 0.838. The van der Waals surface area contributed by atoms with E-state index in [1.807, 2.05) is 26.0 Å². The second kappa shape index (κ2) is 11.9. The van der Waals surface area contributed by atoms with Crippen molar-refractivity contribution in [3.63, 3.8) is 0 Å². The van der Waals surface area contributed by atoms with E-state index >= 15 is 0 Å². The first kappa shape index (κ1) is 19.1. The van der Waals surface area contributed by atoms with Gasteiger partial charge in [-0.05, 0) is 31.7 Å². The number of Topliss-reactive ketones (excluding diaryl/α,β-unsaturated/α-hetero) is 1. The summed E-state index contributed by atoms with van der Waals surface area (Å²) in [6, 6.07) is 7.31. The topological polar surface area (TPSA) is 29.5 Å². The molecule has 0 unspecified atom stereocenters. The molecule has 3 nitrogen and oxygen atoms in total. The average Bonchev–Trinajstić information content (AvgIpc) is 2.45. The molecule has 0 saturated carbocycles. The molecule has 20 heavy (non-hydrogen) atoms. The first-order valence-electron chi connectivity index (χ1n) is 7.08.